The van der Waals surface area contributed by atoms with E-state index in [1.807, 2.05) is 43.1 Å². The summed E-state index contributed by atoms with van der Waals surface area (Å²) in [6, 6.07) is 8.06. The molecule has 0 aliphatic carbocycles. The van der Waals surface area contributed by atoms with Gasteiger partial charge in [-0.2, -0.15) is 0 Å². The monoisotopic (exact) mass is 358 g/mol. The molecule has 2 saturated heterocycles. The molecule has 2 fully saturated rings. The Morgan fingerprint density at radius 1 is 1.08 bits per heavy atom. The smallest absolute Gasteiger partial charge is 0.321 e. The third-order valence-electron chi connectivity index (χ3n) is 5.47. The van der Waals surface area contributed by atoms with Gasteiger partial charge < -0.3 is 20.4 Å². The minimum Gasteiger partial charge on any atom is -0.341 e. The fourth-order valence-corrected chi connectivity index (χ4v) is 3.96. The first-order valence-electron chi connectivity index (χ1n) is 9.65. The van der Waals surface area contributed by atoms with E-state index in [9.17, 15) is 9.59 Å². The topological polar surface area (TPSA) is 64.7 Å². The molecule has 2 heterocycles. The van der Waals surface area contributed by atoms with E-state index in [1.54, 1.807) is 4.90 Å². The Morgan fingerprint density at radius 3 is 2.62 bits per heavy atom. The first kappa shape index (κ1) is 18.7. The van der Waals surface area contributed by atoms with Gasteiger partial charge in [0.15, 0.2) is 0 Å². The van der Waals surface area contributed by atoms with Crippen LogP contribution in [-0.2, 0) is 4.79 Å². The number of likely N-dealkylation sites (N-methyl/N-ethyl adjacent to an activating group) is 1. The second kappa shape index (κ2) is 8.54. The average Bonchev–Trinajstić information content (AvgIpc) is 2.67. The quantitative estimate of drug-likeness (QED) is 0.872. The van der Waals surface area contributed by atoms with E-state index in [4.69, 9.17) is 0 Å². The fraction of sp³-hybridized carbons (Fsp3) is 0.600. The van der Waals surface area contributed by atoms with Gasteiger partial charge in [0, 0.05) is 37.9 Å². The number of amides is 3. The third-order valence-corrected chi connectivity index (χ3v) is 5.47. The van der Waals surface area contributed by atoms with E-state index in [2.05, 4.69) is 10.6 Å². The van der Waals surface area contributed by atoms with Crippen LogP contribution in [0.5, 0.6) is 0 Å². The minimum absolute atomic E-state index is 0.0809. The van der Waals surface area contributed by atoms with Crippen molar-refractivity contribution in [2.45, 2.75) is 38.6 Å². The molecule has 0 bridgehead atoms. The second-order valence-corrected chi connectivity index (χ2v) is 7.50. The third kappa shape index (κ3) is 4.55. The van der Waals surface area contributed by atoms with Gasteiger partial charge in [0.25, 0.3) is 0 Å². The van der Waals surface area contributed by atoms with Gasteiger partial charge in [0.2, 0.25) is 5.91 Å². The Morgan fingerprint density at radius 2 is 1.85 bits per heavy atom. The number of rotatable bonds is 3. The molecule has 2 N–H and O–H groups in total. The van der Waals surface area contributed by atoms with Gasteiger partial charge >= 0.3 is 6.03 Å². The zero-order chi connectivity index (χ0) is 18.5. The van der Waals surface area contributed by atoms with E-state index in [-0.39, 0.29) is 17.9 Å². The van der Waals surface area contributed by atoms with Gasteiger partial charge in [-0.15, -0.1) is 0 Å². The second-order valence-electron chi connectivity index (χ2n) is 7.50. The summed E-state index contributed by atoms with van der Waals surface area (Å²) in [5.74, 6) is 0.126. The maximum absolute atomic E-state index is 12.9. The van der Waals surface area contributed by atoms with E-state index in [0.29, 0.717) is 19.1 Å². The van der Waals surface area contributed by atoms with Crippen LogP contribution in [-0.4, -0.2) is 61.0 Å². The molecule has 142 valence electrons. The summed E-state index contributed by atoms with van der Waals surface area (Å²) in [4.78, 5) is 29.3. The molecule has 2 unspecified atom stereocenters. The zero-order valence-corrected chi connectivity index (χ0v) is 15.8. The number of hydrogen-bond acceptors (Lipinski definition) is 3. The molecule has 0 aromatic heterocycles. The van der Waals surface area contributed by atoms with Crippen LogP contribution in [0.2, 0.25) is 0 Å². The summed E-state index contributed by atoms with van der Waals surface area (Å²) >= 11 is 0. The number of nitrogens with one attached hydrogen (secondary N) is 2. The highest BCUT2D eigenvalue weighted by molar-refractivity contribution is 5.90. The SMILES string of the molecule is CNC1CCCN(C(=O)C2CCCN(C(=O)Nc3cccc(C)c3)C2)C1. The standard InChI is InChI=1S/C20H30N4O2/c1-15-6-3-8-17(12-15)22-20(26)24-11-4-7-16(13-24)19(25)23-10-5-9-18(14-23)21-2/h3,6,8,12,16,18,21H,4-5,7,9-11,13-14H2,1-2H3,(H,22,26). The van der Waals surface area contributed by atoms with E-state index in [0.717, 1.165) is 50.0 Å². The van der Waals surface area contributed by atoms with Crippen LogP contribution in [0, 0.1) is 12.8 Å². The number of anilines is 1. The lowest BCUT2D eigenvalue weighted by molar-refractivity contribution is -0.138. The Kier molecular flexibility index (Phi) is 6.14. The Labute approximate surface area is 155 Å². The van der Waals surface area contributed by atoms with E-state index in [1.165, 1.54) is 0 Å². The highest BCUT2D eigenvalue weighted by Crippen LogP contribution is 2.22. The molecule has 3 rings (SSSR count). The number of urea groups is 1. The van der Waals surface area contributed by atoms with Crippen LogP contribution in [0.1, 0.15) is 31.2 Å². The summed E-state index contributed by atoms with van der Waals surface area (Å²) in [5.41, 5.74) is 1.91. The number of likely N-dealkylation sites (tertiary alicyclic amines) is 2. The number of piperidine rings is 2. The zero-order valence-electron chi connectivity index (χ0n) is 15.8. The van der Waals surface area contributed by atoms with Gasteiger partial charge in [0.1, 0.15) is 0 Å². The Balaban J connectivity index is 1.58. The number of carbonyl (C=O) groups is 2. The van der Waals surface area contributed by atoms with Gasteiger partial charge in [0.05, 0.1) is 5.92 Å². The largest absolute Gasteiger partial charge is 0.341 e. The molecule has 0 saturated carbocycles. The van der Waals surface area contributed by atoms with Crippen molar-refractivity contribution in [2.75, 3.05) is 38.5 Å². The van der Waals surface area contributed by atoms with Crippen LogP contribution >= 0.6 is 0 Å². The lowest BCUT2D eigenvalue weighted by atomic mass is 9.95. The van der Waals surface area contributed by atoms with Gasteiger partial charge in [-0.05, 0) is 57.4 Å². The maximum Gasteiger partial charge on any atom is 0.321 e. The first-order valence-corrected chi connectivity index (χ1v) is 9.65. The van der Waals surface area contributed by atoms with Gasteiger partial charge in [-0.1, -0.05) is 12.1 Å². The van der Waals surface area contributed by atoms with Gasteiger partial charge in [-0.25, -0.2) is 4.79 Å². The number of hydrogen-bond donors (Lipinski definition) is 2. The van der Waals surface area contributed by atoms with Crippen LogP contribution in [0.3, 0.4) is 0 Å². The summed E-state index contributed by atoms with van der Waals surface area (Å²) in [6.45, 7) is 4.84. The number of aryl methyl sites for hydroxylation is 1. The van der Waals surface area contributed by atoms with Crippen molar-refractivity contribution in [3.63, 3.8) is 0 Å². The highest BCUT2D eigenvalue weighted by atomic mass is 16.2. The molecular formula is C20H30N4O2. The molecule has 26 heavy (non-hydrogen) atoms. The van der Waals surface area contributed by atoms with Crippen LogP contribution < -0.4 is 10.6 Å². The molecule has 2 aliphatic heterocycles. The molecule has 1 aromatic carbocycles. The van der Waals surface area contributed by atoms with Crippen molar-refractivity contribution < 1.29 is 9.59 Å². The van der Waals surface area contributed by atoms with Gasteiger partial charge in [-0.3, -0.25) is 4.79 Å². The molecule has 1 aromatic rings. The van der Waals surface area contributed by atoms with Crippen molar-refractivity contribution in [1.29, 1.82) is 0 Å². The Bertz CT molecular complexity index is 648. The molecule has 6 nitrogen and oxygen atoms in total. The number of nitrogens with zero attached hydrogens (tertiary/aromatic N) is 2. The fourth-order valence-electron chi connectivity index (χ4n) is 3.96. The Hall–Kier alpha value is -2.08. The molecule has 6 heteroatoms. The van der Waals surface area contributed by atoms with Crippen molar-refractivity contribution in [3.05, 3.63) is 29.8 Å². The number of benzene rings is 1. The van der Waals surface area contributed by atoms with Crippen LogP contribution in [0.25, 0.3) is 0 Å². The summed E-state index contributed by atoms with van der Waals surface area (Å²) in [5, 5.41) is 6.24. The lowest BCUT2D eigenvalue weighted by Gasteiger charge is -2.38. The predicted molar refractivity (Wildman–Crippen MR) is 103 cm³/mol. The molecule has 2 aliphatic rings. The lowest BCUT2D eigenvalue weighted by Crippen LogP contribution is -2.52. The summed E-state index contributed by atoms with van der Waals surface area (Å²) in [7, 11) is 1.95. The summed E-state index contributed by atoms with van der Waals surface area (Å²) in [6.07, 6.45) is 3.91. The maximum atomic E-state index is 12.9. The molecule has 0 radical (unpaired) electrons. The van der Waals surface area contributed by atoms with Crippen LogP contribution in [0.15, 0.2) is 24.3 Å². The van der Waals surface area contributed by atoms with Crippen molar-refractivity contribution >= 4 is 17.6 Å². The average molecular weight is 358 g/mol. The first-order chi connectivity index (χ1) is 12.6. The van der Waals surface area contributed by atoms with Crippen molar-refractivity contribution in [3.8, 4) is 0 Å². The van der Waals surface area contributed by atoms with E-state index < -0.39 is 0 Å². The molecule has 3 amide bonds. The number of carbonyl (C=O) groups excluding carboxylic acids is 2. The van der Waals surface area contributed by atoms with Crippen molar-refractivity contribution in [2.24, 2.45) is 5.92 Å². The van der Waals surface area contributed by atoms with Crippen LogP contribution in [0.4, 0.5) is 10.5 Å². The minimum atomic E-state index is -0.111. The predicted octanol–water partition coefficient (Wildman–Crippen LogP) is 2.45. The normalized spacial score (nSPS) is 23.6. The molecular weight excluding hydrogens is 328 g/mol. The van der Waals surface area contributed by atoms with E-state index >= 15 is 0 Å². The highest BCUT2D eigenvalue weighted by Gasteiger charge is 2.33. The molecule has 0 spiro atoms. The summed E-state index contributed by atoms with van der Waals surface area (Å²) < 4.78 is 0. The molecule has 2 atom stereocenters. The van der Waals surface area contributed by atoms with Crippen molar-refractivity contribution in [1.82, 2.24) is 15.1 Å².